The predicted molar refractivity (Wildman–Crippen MR) is 66.1 cm³/mol. The molecule has 1 aromatic carbocycles. The Hall–Kier alpha value is -1.75. The maximum absolute atomic E-state index is 10.9. The Bertz CT molecular complexity index is 421. The fourth-order valence-electron chi connectivity index (χ4n) is 1.84. The van der Waals surface area contributed by atoms with Crippen molar-refractivity contribution in [2.24, 2.45) is 0 Å². The fraction of sp³-hybridized carbons (Fsp3) is 0.462. The topological polar surface area (TPSA) is 67.8 Å². The zero-order valence-corrected chi connectivity index (χ0v) is 10.3. The van der Waals surface area contributed by atoms with Gasteiger partial charge < -0.3 is 19.9 Å². The Labute approximate surface area is 106 Å². The molecule has 1 aliphatic heterocycles. The molecule has 18 heavy (non-hydrogen) atoms. The van der Waals surface area contributed by atoms with Crippen molar-refractivity contribution in [1.82, 2.24) is 5.32 Å². The second-order valence-corrected chi connectivity index (χ2v) is 4.20. The molecule has 98 valence electrons. The summed E-state index contributed by atoms with van der Waals surface area (Å²) in [7, 11) is 0. The van der Waals surface area contributed by atoms with Crippen molar-refractivity contribution in [3.63, 3.8) is 0 Å². The highest BCUT2D eigenvalue weighted by molar-refractivity contribution is 5.73. The Morgan fingerprint density at radius 2 is 2.22 bits per heavy atom. The van der Waals surface area contributed by atoms with Crippen LogP contribution < -0.4 is 14.8 Å². The molecule has 1 aromatic rings. The lowest BCUT2D eigenvalue weighted by Crippen LogP contribution is -2.45. The number of carboxylic acid groups (broad SMARTS) is 1. The van der Waals surface area contributed by atoms with Crippen molar-refractivity contribution in [3.05, 3.63) is 24.3 Å². The molecule has 2 atom stereocenters. The zero-order chi connectivity index (χ0) is 13.0. The smallest absolute Gasteiger partial charge is 0.320 e. The van der Waals surface area contributed by atoms with Gasteiger partial charge in [-0.15, -0.1) is 0 Å². The lowest BCUT2D eigenvalue weighted by atomic mass is 10.2. The number of para-hydroxylation sites is 2. The molecule has 2 N–H and O–H groups in total. The Morgan fingerprint density at radius 3 is 2.89 bits per heavy atom. The largest absolute Gasteiger partial charge is 0.486 e. The number of rotatable bonds is 5. The molecule has 1 aliphatic rings. The van der Waals surface area contributed by atoms with Gasteiger partial charge in [0.05, 0.1) is 0 Å². The highest BCUT2D eigenvalue weighted by Gasteiger charge is 2.22. The van der Waals surface area contributed by atoms with E-state index in [2.05, 4.69) is 5.32 Å². The third kappa shape index (κ3) is 2.92. The Morgan fingerprint density at radius 1 is 1.50 bits per heavy atom. The minimum Gasteiger partial charge on any atom is -0.486 e. The molecular weight excluding hydrogens is 234 g/mol. The number of aliphatic carboxylic acids is 1. The van der Waals surface area contributed by atoms with Crippen LogP contribution in [0.1, 0.15) is 13.3 Å². The molecule has 0 fully saturated rings. The number of carboxylic acids is 1. The lowest BCUT2D eigenvalue weighted by molar-refractivity contribution is -0.139. The van der Waals surface area contributed by atoms with Gasteiger partial charge in [0.1, 0.15) is 18.8 Å². The van der Waals surface area contributed by atoms with Crippen LogP contribution in [0.2, 0.25) is 0 Å². The summed E-state index contributed by atoms with van der Waals surface area (Å²) in [5.41, 5.74) is 0. The van der Waals surface area contributed by atoms with E-state index in [0.29, 0.717) is 25.3 Å². The van der Waals surface area contributed by atoms with E-state index in [1.165, 1.54) is 0 Å². The van der Waals surface area contributed by atoms with Crippen molar-refractivity contribution in [2.75, 3.05) is 13.2 Å². The summed E-state index contributed by atoms with van der Waals surface area (Å²) < 4.78 is 11.3. The van der Waals surface area contributed by atoms with Gasteiger partial charge in [0, 0.05) is 6.54 Å². The van der Waals surface area contributed by atoms with Crippen LogP contribution in [0, 0.1) is 0 Å². The van der Waals surface area contributed by atoms with Crippen LogP contribution in [-0.4, -0.2) is 36.4 Å². The summed E-state index contributed by atoms with van der Waals surface area (Å²) in [5.74, 6) is 0.604. The monoisotopic (exact) mass is 251 g/mol. The first kappa shape index (κ1) is 12.7. The summed E-state index contributed by atoms with van der Waals surface area (Å²) in [6, 6.07) is 6.93. The number of carbonyl (C=O) groups is 1. The van der Waals surface area contributed by atoms with E-state index in [9.17, 15) is 4.79 Å². The molecule has 5 heteroatoms. The molecule has 0 aliphatic carbocycles. The Balaban J connectivity index is 1.88. The van der Waals surface area contributed by atoms with E-state index < -0.39 is 12.0 Å². The summed E-state index contributed by atoms with van der Waals surface area (Å²) in [6.45, 7) is 2.72. The summed E-state index contributed by atoms with van der Waals surface area (Å²) in [6.07, 6.45) is 0.382. The first-order chi connectivity index (χ1) is 8.70. The van der Waals surface area contributed by atoms with Gasteiger partial charge in [0.15, 0.2) is 11.5 Å². The molecule has 0 amide bonds. The van der Waals surface area contributed by atoms with Gasteiger partial charge in [-0.3, -0.25) is 4.79 Å². The molecule has 2 rings (SSSR count). The van der Waals surface area contributed by atoms with Crippen molar-refractivity contribution >= 4 is 5.97 Å². The molecule has 2 unspecified atom stereocenters. The van der Waals surface area contributed by atoms with Crippen LogP contribution >= 0.6 is 0 Å². The van der Waals surface area contributed by atoms with Crippen LogP contribution in [0.3, 0.4) is 0 Å². The number of ether oxygens (including phenoxy) is 2. The van der Waals surface area contributed by atoms with Crippen LogP contribution in [0.15, 0.2) is 24.3 Å². The normalized spacial score (nSPS) is 19.3. The van der Waals surface area contributed by atoms with Crippen LogP contribution in [0.5, 0.6) is 11.5 Å². The number of hydrogen-bond acceptors (Lipinski definition) is 4. The third-order valence-electron chi connectivity index (χ3n) is 2.87. The highest BCUT2D eigenvalue weighted by atomic mass is 16.6. The van der Waals surface area contributed by atoms with Crippen molar-refractivity contribution < 1.29 is 19.4 Å². The maximum Gasteiger partial charge on any atom is 0.320 e. The average Bonchev–Trinajstić information content (AvgIpc) is 2.39. The number of hydrogen-bond donors (Lipinski definition) is 2. The third-order valence-corrected chi connectivity index (χ3v) is 2.87. The van der Waals surface area contributed by atoms with Gasteiger partial charge in [0.2, 0.25) is 0 Å². The number of fused-ring (bicyclic) bond motifs is 1. The quantitative estimate of drug-likeness (QED) is 0.825. The van der Waals surface area contributed by atoms with E-state index in [4.69, 9.17) is 14.6 Å². The van der Waals surface area contributed by atoms with Crippen LogP contribution in [0.4, 0.5) is 0 Å². The number of benzene rings is 1. The van der Waals surface area contributed by atoms with E-state index in [0.717, 1.165) is 5.75 Å². The molecule has 0 saturated carbocycles. The molecule has 1 heterocycles. The van der Waals surface area contributed by atoms with Crippen molar-refractivity contribution in [2.45, 2.75) is 25.5 Å². The van der Waals surface area contributed by atoms with Crippen LogP contribution in [0.25, 0.3) is 0 Å². The maximum atomic E-state index is 10.9. The predicted octanol–water partition coefficient (Wildman–Crippen LogP) is 1.28. The lowest BCUT2D eigenvalue weighted by Gasteiger charge is -2.27. The van der Waals surface area contributed by atoms with Gasteiger partial charge in [-0.05, 0) is 18.6 Å². The molecule has 0 aromatic heterocycles. The van der Waals surface area contributed by atoms with E-state index >= 15 is 0 Å². The minimum atomic E-state index is -0.838. The SMILES string of the molecule is CCC(NCC1COc2ccccc2O1)C(=O)O. The molecule has 0 saturated heterocycles. The zero-order valence-electron chi connectivity index (χ0n) is 10.3. The molecule has 0 radical (unpaired) electrons. The summed E-state index contributed by atoms with van der Waals surface area (Å²) >= 11 is 0. The van der Waals surface area contributed by atoms with Gasteiger partial charge >= 0.3 is 5.97 Å². The summed E-state index contributed by atoms with van der Waals surface area (Å²) in [5, 5.41) is 11.9. The fourth-order valence-corrected chi connectivity index (χ4v) is 1.84. The molecule has 0 bridgehead atoms. The van der Waals surface area contributed by atoms with Crippen molar-refractivity contribution in [3.8, 4) is 11.5 Å². The van der Waals surface area contributed by atoms with Crippen LogP contribution in [-0.2, 0) is 4.79 Å². The van der Waals surface area contributed by atoms with Gasteiger partial charge in [-0.1, -0.05) is 19.1 Å². The highest BCUT2D eigenvalue weighted by Crippen LogP contribution is 2.30. The molecule has 0 spiro atoms. The van der Waals surface area contributed by atoms with E-state index in [1.807, 2.05) is 31.2 Å². The van der Waals surface area contributed by atoms with E-state index in [1.54, 1.807) is 0 Å². The van der Waals surface area contributed by atoms with Gasteiger partial charge in [-0.2, -0.15) is 0 Å². The van der Waals surface area contributed by atoms with E-state index in [-0.39, 0.29) is 6.10 Å². The standard InChI is InChI=1S/C13H17NO4/c1-2-10(13(15)16)14-7-9-8-17-11-5-3-4-6-12(11)18-9/h3-6,9-10,14H,2,7-8H2,1H3,(H,15,16). The minimum absolute atomic E-state index is 0.159. The Kier molecular flexibility index (Phi) is 4.04. The molecule has 5 nitrogen and oxygen atoms in total. The van der Waals surface area contributed by atoms with Gasteiger partial charge in [0.25, 0.3) is 0 Å². The molecular formula is C13H17NO4. The van der Waals surface area contributed by atoms with Gasteiger partial charge in [-0.25, -0.2) is 0 Å². The first-order valence-electron chi connectivity index (χ1n) is 6.05. The first-order valence-corrected chi connectivity index (χ1v) is 6.05. The second kappa shape index (κ2) is 5.73. The summed E-state index contributed by atoms with van der Waals surface area (Å²) in [4.78, 5) is 10.9. The number of nitrogens with one attached hydrogen (secondary N) is 1. The average molecular weight is 251 g/mol. The van der Waals surface area contributed by atoms with Crippen molar-refractivity contribution in [1.29, 1.82) is 0 Å². The second-order valence-electron chi connectivity index (χ2n) is 4.20.